The van der Waals surface area contributed by atoms with E-state index >= 15 is 0 Å². The molecule has 0 aliphatic carbocycles. The van der Waals surface area contributed by atoms with E-state index in [1.807, 2.05) is 6.92 Å². The number of rotatable bonds is 6. The quantitative estimate of drug-likeness (QED) is 0.503. The van der Waals surface area contributed by atoms with Gasteiger partial charge in [-0.05, 0) is 12.6 Å². The van der Waals surface area contributed by atoms with Gasteiger partial charge < -0.3 is 9.73 Å². The van der Waals surface area contributed by atoms with Gasteiger partial charge in [0.25, 0.3) is 5.69 Å². The first-order valence-corrected chi connectivity index (χ1v) is 6.32. The first-order chi connectivity index (χ1) is 10.0. The summed E-state index contributed by atoms with van der Waals surface area (Å²) in [6.07, 6.45) is 1.76. The summed E-state index contributed by atoms with van der Waals surface area (Å²) < 4.78 is 31.8. The molecule has 0 radical (unpaired) electrons. The van der Waals surface area contributed by atoms with Gasteiger partial charge in [-0.3, -0.25) is 10.1 Å². The van der Waals surface area contributed by atoms with E-state index in [4.69, 9.17) is 4.42 Å². The molecule has 0 bridgehead atoms. The Morgan fingerprint density at radius 2 is 2.10 bits per heavy atom. The van der Waals surface area contributed by atoms with E-state index < -0.39 is 22.2 Å². The van der Waals surface area contributed by atoms with Crippen molar-refractivity contribution in [2.45, 2.75) is 13.3 Å². The van der Waals surface area contributed by atoms with Crippen LogP contribution >= 0.6 is 0 Å². The van der Waals surface area contributed by atoms with Crippen LogP contribution in [0.15, 0.2) is 22.7 Å². The highest BCUT2D eigenvalue weighted by Crippen LogP contribution is 2.32. The van der Waals surface area contributed by atoms with Crippen LogP contribution in [0, 0.1) is 21.7 Å². The summed E-state index contributed by atoms with van der Waals surface area (Å²) in [6, 6.07) is 1.27. The molecule has 0 atom stereocenters. The van der Waals surface area contributed by atoms with Gasteiger partial charge in [-0.2, -0.15) is 0 Å². The highest BCUT2D eigenvalue weighted by atomic mass is 19.2. The van der Waals surface area contributed by atoms with Gasteiger partial charge >= 0.3 is 0 Å². The predicted molar refractivity (Wildman–Crippen MR) is 70.8 cm³/mol. The van der Waals surface area contributed by atoms with Crippen molar-refractivity contribution < 1.29 is 18.1 Å². The van der Waals surface area contributed by atoms with E-state index in [0.29, 0.717) is 24.9 Å². The molecule has 112 valence electrons. The number of hydrogen-bond donors (Lipinski definition) is 1. The summed E-state index contributed by atoms with van der Waals surface area (Å²) in [6.45, 7) is 3.38. The fraction of sp³-hybridized carbons (Fsp3) is 0.308. The van der Waals surface area contributed by atoms with Gasteiger partial charge in [0.2, 0.25) is 0 Å². The maximum atomic E-state index is 13.3. The monoisotopic (exact) mass is 297 g/mol. The summed E-state index contributed by atoms with van der Waals surface area (Å²) in [7, 11) is 0. The summed E-state index contributed by atoms with van der Waals surface area (Å²) in [5, 5.41) is 14.0. The van der Waals surface area contributed by atoms with Gasteiger partial charge in [-0.15, -0.1) is 0 Å². The molecule has 8 heteroatoms. The number of hydrogen-bond acceptors (Lipinski definition) is 5. The van der Waals surface area contributed by atoms with Gasteiger partial charge in [-0.25, -0.2) is 13.8 Å². The summed E-state index contributed by atoms with van der Waals surface area (Å²) in [5.41, 5.74) is -0.704. The molecular formula is C13H13F2N3O3. The van der Waals surface area contributed by atoms with Crippen molar-refractivity contribution in [1.29, 1.82) is 0 Å². The van der Waals surface area contributed by atoms with Crippen LogP contribution in [0.1, 0.15) is 12.8 Å². The minimum absolute atomic E-state index is 0.0344. The number of nitrogens with zero attached hydrogens (tertiary/aromatic N) is 2. The first-order valence-electron chi connectivity index (χ1n) is 6.32. The molecule has 0 amide bonds. The standard InChI is InChI=1S/C13H13F2N3O3/c1-2-16-4-3-13-17-7-12(21-13)8-5-9(14)10(15)6-11(8)18(19)20/h5-7,16H,2-4H2,1H3. The molecule has 2 rings (SSSR count). The van der Waals surface area contributed by atoms with Crippen molar-refractivity contribution in [2.75, 3.05) is 13.1 Å². The van der Waals surface area contributed by atoms with E-state index in [1.165, 1.54) is 6.20 Å². The third-order valence-electron chi connectivity index (χ3n) is 2.82. The van der Waals surface area contributed by atoms with Crippen LogP contribution in [0.2, 0.25) is 0 Å². The molecule has 0 saturated carbocycles. The zero-order valence-corrected chi connectivity index (χ0v) is 11.2. The molecule has 1 aromatic heterocycles. The highest BCUT2D eigenvalue weighted by Gasteiger charge is 2.22. The summed E-state index contributed by atoms with van der Waals surface area (Å²) in [5.74, 6) is -2.06. The Morgan fingerprint density at radius 1 is 1.38 bits per heavy atom. The molecule has 0 unspecified atom stereocenters. The third-order valence-corrected chi connectivity index (χ3v) is 2.82. The normalized spacial score (nSPS) is 10.8. The minimum Gasteiger partial charge on any atom is -0.440 e. The number of halogens is 2. The van der Waals surface area contributed by atoms with Gasteiger partial charge in [0.1, 0.15) is 0 Å². The van der Waals surface area contributed by atoms with Crippen LogP contribution in [0.25, 0.3) is 11.3 Å². The van der Waals surface area contributed by atoms with Crippen LogP contribution in [-0.4, -0.2) is 23.0 Å². The molecule has 0 aliphatic rings. The lowest BCUT2D eigenvalue weighted by atomic mass is 10.1. The van der Waals surface area contributed by atoms with Crippen molar-refractivity contribution in [1.82, 2.24) is 10.3 Å². The minimum atomic E-state index is -1.28. The van der Waals surface area contributed by atoms with Gasteiger partial charge in [0, 0.05) is 13.0 Å². The Bertz CT molecular complexity index is 658. The van der Waals surface area contributed by atoms with Crippen molar-refractivity contribution in [3.63, 3.8) is 0 Å². The van der Waals surface area contributed by atoms with Crippen LogP contribution in [0.4, 0.5) is 14.5 Å². The largest absolute Gasteiger partial charge is 0.440 e. The number of oxazole rings is 1. The van der Waals surface area contributed by atoms with Crippen LogP contribution < -0.4 is 5.32 Å². The fourth-order valence-corrected chi connectivity index (χ4v) is 1.81. The van der Waals surface area contributed by atoms with E-state index in [-0.39, 0.29) is 11.3 Å². The Labute approximate surface area is 118 Å². The highest BCUT2D eigenvalue weighted by molar-refractivity contribution is 5.69. The van der Waals surface area contributed by atoms with Gasteiger partial charge in [0.05, 0.1) is 22.7 Å². The van der Waals surface area contributed by atoms with E-state index in [1.54, 1.807) is 0 Å². The molecule has 6 nitrogen and oxygen atoms in total. The SMILES string of the molecule is CCNCCc1ncc(-c2cc(F)c(F)cc2[N+](=O)[O-])o1. The number of nitro groups is 1. The maximum Gasteiger partial charge on any atom is 0.283 e. The summed E-state index contributed by atoms with van der Waals surface area (Å²) in [4.78, 5) is 14.1. The molecule has 2 aromatic rings. The number of nitro benzene ring substituents is 1. The molecule has 0 fully saturated rings. The molecule has 0 spiro atoms. The Balaban J connectivity index is 2.33. The second kappa shape index (κ2) is 6.40. The lowest BCUT2D eigenvalue weighted by molar-refractivity contribution is -0.384. The third kappa shape index (κ3) is 3.40. The number of likely N-dealkylation sites (N-methyl/N-ethyl adjacent to an activating group) is 1. The van der Waals surface area contributed by atoms with Crippen molar-refractivity contribution >= 4 is 5.69 Å². The molecular weight excluding hydrogens is 284 g/mol. The molecule has 1 heterocycles. The lowest BCUT2D eigenvalue weighted by Gasteiger charge is -2.01. The average Bonchev–Trinajstić information content (AvgIpc) is 2.90. The van der Waals surface area contributed by atoms with Crippen LogP contribution in [-0.2, 0) is 6.42 Å². The molecule has 0 saturated heterocycles. The zero-order chi connectivity index (χ0) is 15.4. The lowest BCUT2D eigenvalue weighted by Crippen LogP contribution is -2.16. The average molecular weight is 297 g/mol. The molecule has 21 heavy (non-hydrogen) atoms. The summed E-state index contributed by atoms with van der Waals surface area (Å²) >= 11 is 0. The van der Waals surface area contributed by atoms with E-state index in [2.05, 4.69) is 10.3 Å². The number of aromatic nitrogens is 1. The van der Waals surface area contributed by atoms with Gasteiger partial charge in [0.15, 0.2) is 23.3 Å². The molecule has 0 aliphatic heterocycles. The Morgan fingerprint density at radius 3 is 2.76 bits per heavy atom. The first kappa shape index (κ1) is 15.0. The van der Waals surface area contributed by atoms with Crippen molar-refractivity contribution in [2.24, 2.45) is 0 Å². The van der Waals surface area contributed by atoms with Gasteiger partial charge in [-0.1, -0.05) is 6.92 Å². The molecule has 1 N–H and O–H groups in total. The van der Waals surface area contributed by atoms with Crippen molar-refractivity contribution in [3.05, 3.63) is 46.0 Å². The Kier molecular flexibility index (Phi) is 4.59. The van der Waals surface area contributed by atoms with Crippen LogP contribution in [0.5, 0.6) is 0 Å². The maximum absolute atomic E-state index is 13.3. The molecule has 1 aromatic carbocycles. The van der Waals surface area contributed by atoms with E-state index in [9.17, 15) is 18.9 Å². The zero-order valence-electron chi connectivity index (χ0n) is 11.2. The Hall–Kier alpha value is -2.35. The number of nitrogens with one attached hydrogen (secondary N) is 1. The predicted octanol–water partition coefficient (Wildman–Crippen LogP) is 2.68. The van der Waals surface area contributed by atoms with Crippen LogP contribution in [0.3, 0.4) is 0 Å². The fourth-order valence-electron chi connectivity index (χ4n) is 1.81. The smallest absolute Gasteiger partial charge is 0.283 e. The number of benzene rings is 1. The van der Waals surface area contributed by atoms with Crippen molar-refractivity contribution in [3.8, 4) is 11.3 Å². The van der Waals surface area contributed by atoms with E-state index in [0.717, 1.165) is 12.6 Å². The second-order valence-corrected chi connectivity index (χ2v) is 4.26. The second-order valence-electron chi connectivity index (χ2n) is 4.26. The topological polar surface area (TPSA) is 81.2 Å².